The first-order chi connectivity index (χ1) is 13.6. The van der Waals surface area contributed by atoms with E-state index in [2.05, 4.69) is 38.4 Å². The van der Waals surface area contributed by atoms with Gasteiger partial charge in [-0.2, -0.15) is 0 Å². The molecular weight excluding hydrogens is 352 g/mol. The van der Waals surface area contributed by atoms with Gasteiger partial charge in [0.1, 0.15) is 11.4 Å². The summed E-state index contributed by atoms with van der Waals surface area (Å²) in [5.74, 6) is 1.01. The summed E-state index contributed by atoms with van der Waals surface area (Å²) in [6, 6.07) is 17.4. The minimum Gasteiger partial charge on any atom is -0.497 e. The highest BCUT2D eigenvalue weighted by molar-refractivity contribution is 6.03. The average Bonchev–Trinajstić information content (AvgIpc) is 2.73. The molecule has 0 radical (unpaired) electrons. The van der Waals surface area contributed by atoms with E-state index in [1.807, 2.05) is 31.2 Å². The number of carbonyl (C=O) groups is 1. The van der Waals surface area contributed by atoms with Crippen molar-refractivity contribution in [1.82, 2.24) is 9.97 Å². The van der Waals surface area contributed by atoms with E-state index in [0.29, 0.717) is 23.1 Å². The molecule has 0 aliphatic carbocycles. The first-order valence-electron chi connectivity index (χ1n) is 9.25. The van der Waals surface area contributed by atoms with Gasteiger partial charge in [0.2, 0.25) is 5.95 Å². The highest BCUT2D eigenvalue weighted by Crippen LogP contribution is 2.23. The Kier molecular flexibility index (Phi) is 4.93. The summed E-state index contributed by atoms with van der Waals surface area (Å²) in [6.45, 7) is 3.46. The van der Waals surface area contributed by atoms with E-state index >= 15 is 0 Å². The van der Waals surface area contributed by atoms with Crippen LogP contribution in [0.2, 0.25) is 0 Å². The molecule has 0 unspecified atom stereocenters. The standard InChI is InChI=1S/C22H22N4O2/c1-15-12-20(21(27)24-18-8-5-9-19(13-18)28-2)25-22(23-15)26-11-10-16-6-3-4-7-17(16)14-26/h3-9,12-13H,10-11,14H2,1-2H3,(H,24,27). The number of aromatic nitrogens is 2. The fourth-order valence-electron chi connectivity index (χ4n) is 3.37. The summed E-state index contributed by atoms with van der Waals surface area (Å²) in [4.78, 5) is 24.0. The van der Waals surface area contributed by atoms with Crippen LogP contribution in [0.3, 0.4) is 0 Å². The number of ether oxygens (including phenoxy) is 1. The minimum atomic E-state index is -0.266. The fourth-order valence-corrected chi connectivity index (χ4v) is 3.37. The zero-order chi connectivity index (χ0) is 19.5. The number of benzene rings is 2. The van der Waals surface area contributed by atoms with Crippen molar-refractivity contribution in [3.8, 4) is 5.75 Å². The zero-order valence-corrected chi connectivity index (χ0v) is 16.0. The van der Waals surface area contributed by atoms with Crippen molar-refractivity contribution in [2.45, 2.75) is 19.9 Å². The number of anilines is 2. The Morgan fingerprint density at radius 3 is 2.71 bits per heavy atom. The molecule has 0 atom stereocenters. The normalized spacial score (nSPS) is 13.0. The summed E-state index contributed by atoms with van der Waals surface area (Å²) >= 11 is 0. The van der Waals surface area contributed by atoms with Gasteiger partial charge in [-0.3, -0.25) is 4.79 Å². The van der Waals surface area contributed by atoms with E-state index in [4.69, 9.17) is 4.74 Å². The number of fused-ring (bicyclic) bond motifs is 1. The van der Waals surface area contributed by atoms with Gasteiger partial charge < -0.3 is 15.0 Å². The lowest BCUT2D eigenvalue weighted by molar-refractivity contribution is 0.102. The second-order valence-electron chi connectivity index (χ2n) is 6.82. The van der Waals surface area contributed by atoms with Crippen molar-refractivity contribution in [3.63, 3.8) is 0 Å². The third-order valence-electron chi connectivity index (χ3n) is 4.82. The monoisotopic (exact) mass is 374 g/mol. The molecule has 1 N–H and O–H groups in total. The van der Waals surface area contributed by atoms with E-state index < -0.39 is 0 Å². The molecule has 2 aromatic carbocycles. The summed E-state index contributed by atoms with van der Waals surface area (Å²) in [7, 11) is 1.60. The molecule has 1 aromatic heterocycles. The fraction of sp³-hybridized carbons (Fsp3) is 0.227. The Labute approximate surface area is 164 Å². The number of nitrogens with zero attached hydrogens (tertiary/aromatic N) is 3. The van der Waals surface area contributed by atoms with Gasteiger partial charge in [-0.05, 0) is 42.7 Å². The predicted molar refractivity (Wildman–Crippen MR) is 109 cm³/mol. The lowest BCUT2D eigenvalue weighted by Gasteiger charge is -2.29. The molecule has 3 aromatic rings. The molecule has 28 heavy (non-hydrogen) atoms. The smallest absolute Gasteiger partial charge is 0.274 e. The predicted octanol–water partition coefficient (Wildman–Crippen LogP) is 3.61. The van der Waals surface area contributed by atoms with Crippen molar-refractivity contribution in [2.24, 2.45) is 0 Å². The van der Waals surface area contributed by atoms with Crippen LogP contribution in [-0.2, 0) is 13.0 Å². The molecule has 6 heteroatoms. The highest BCUT2D eigenvalue weighted by atomic mass is 16.5. The SMILES string of the molecule is COc1cccc(NC(=O)c2cc(C)nc(N3CCc4ccccc4C3)n2)c1. The second kappa shape index (κ2) is 7.68. The van der Waals surface area contributed by atoms with Gasteiger partial charge in [0.15, 0.2) is 0 Å². The maximum absolute atomic E-state index is 12.7. The Bertz CT molecular complexity index is 1020. The van der Waals surface area contributed by atoms with Gasteiger partial charge >= 0.3 is 0 Å². The van der Waals surface area contributed by atoms with Crippen LogP contribution in [0.15, 0.2) is 54.6 Å². The van der Waals surface area contributed by atoms with Crippen molar-refractivity contribution in [2.75, 3.05) is 23.9 Å². The van der Waals surface area contributed by atoms with E-state index in [-0.39, 0.29) is 5.91 Å². The maximum Gasteiger partial charge on any atom is 0.274 e. The Morgan fingerprint density at radius 2 is 1.89 bits per heavy atom. The lowest BCUT2D eigenvalue weighted by Crippen LogP contribution is -2.32. The van der Waals surface area contributed by atoms with Crippen LogP contribution in [-0.4, -0.2) is 29.5 Å². The molecule has 1 amide bonds. The van der Waals surface area contributed by atoms with Crippen molar-refractivity contribution < 1.29 is 9.53 Å². The topological polar surface area (TPSA) is 67.3 Å². The van der Waals surface area contributed by atoms with Gasteiger partial charge in [0.05, 0.1) is 7.11 Å². The number of hydrogen-bond acceptors (Lipinski definition) is 5. The van der Waals surface area contributed by atoms with E-state index in [0.717, 1.165) is 25.2 Å². The third kappa shape index (κ3) is 3.81. The molecule has 0 saturated heterocycles. The van der Waals surface area contributed by atoms with Crippen LogP contribution in [0.25, 0.3) is 0 Å². The number of methoxy groups -OCH3 is 1. The quantitative estimate of drug-likeness (QED) is 0.756. The van der Waals surface area contributed by atoms with Crippen LogP contribution >= 0.6 is 0 Å². The molecule has 4 rings (SSSR count). The molecule has 142 valence electrons. The first-order valence-corrected chi connectivity index (χ1v) is 9.25. The Morgan fingerprint density at radius 1 is 1.07 bits per heavy atom. The minimum absolute atomic E-state index is 0.266. The number of rotatable bonds is 4. The molecule has 1 aliphatic heterocycles. The summed E-state index contributed by atoms with van der Waals surface area (Å²) in [5.41, 5.74) is 4.42. The summed E-state index contributed by atoms with van der Waals surface area (Å²) < 4.78 is 5.20. The molecule has 0 fully saturated rings. The second-order valence-corrected chi connectivity index (χ2v) is 6.82. The molecule has 1 aliphatic rings. The van der Waals surface area contributed by atoms with Crippen LogP contribution < -0.4 is 15.0 Å². The van der Waals surface area contributed by atoms with E-state index in [1.165, 1.54) is 11.1 Å². The maximum atomic E-state index is 12.7. The van der Waals surface area contributed by atoms with Crippen molar-refractivity contribution in [3.05, 3.63) is 77.1 Å². The molecule has 6 nitrogen and oxygen atoms in total. The van der Waals surface area contributed by atoms with Crippen LogP contribution in [0.4, 0.5) is 11.6 Å². The Balaban J connectivity index is 1.56. The van der Waals surface area contributed by atoms with Crippen molar-refractivity contribution >= 4 is 17.5 Å². The average molecular weight is 374 g/mol. The van der Waals surface area contributed by atoms with Gasteiger partial charge in [-0.1, -0.05) is 30.3 Å². The van der Waals surface area contributed by atoms with Gasteiger partial charge in [-0.15, -0.1) is 0 Å². The number of carbonyl (C=O) groups excluding carboxylic acids is 1. The molecule has 0 saturated carbocycles. The molecule has 2 heterocycles. The molecular formula is C22H22N4O2. The summed E-state index contributed by atoms with van der Waals surface area (Å²) in [5, 5.41) is 2.88. The molecule has 0 bridgehead atoms. The van der Waals surface area contributed by atoms with Crippen LogP contribution in [0, 0.1) is 6.92 Å². The number of nitrogens with one attached hydrogen (secondary N) is 1. The number of hydrogen-bond donors (Lipinski definition) is 1. The zero-order valence-electron chi connectivity index (χ0n) is 16.0. The van der Waals surface area contributed by atoms with Gasteiger partial charge in [0.25, 0.3) is 5.91 Å². The van der Waals surface area contributed by atoms with Crippen LogP contribution in [0.1, 0.15) is 27.3 Å². The first kappa shape index (κ1) is 18.0. The van der Waals surface area contributed by atoms with E-state index in [1.54, 1.807) is 19.2 Å². The largest absolute Gasteiger partial charge is 0.497 e. The van der Waals surface area contributed by atoms with Gasteiger partial charge in [-0.25, -0.2) is 9.97 Å². The molecule has 0 spiro atoms. The Hall–Kier alpha value is -3.41. The third-order valence-corrected chi connectivity index (χ3v) is 4.82. The summed E-state index contributed by atoms with van der Waals surface area (Å²) in [6.07, 6.45) is 0.943. The lowest BCUT2D eigenvalue weighted by atomic mass is 10.0. The van der Waals surface area contributed by atoms with Gasteiger partial charge in [0, 0.05) is 30.5 Å². The van der Waals surface area contributed by atoms with E-state index in [9.17, 15) is 4.79 Å². The van der Waals surface area contributed by atoms with Crippen LogP contribution in [0.5, 0.6) is 5.75 Å². The number of aryl methyl sites for hydroxylation is 1. The van der Waals surface area contributed by atoms with Crippen molar-refractivity contribution in [1.29, 1.82) is 0 Å². The number of amides is 1. The highest BCUT2D eigenvalue weighted by Gasteiger charge is 2.20.